The lowest BCUT2D eigenvalue weighted by Gasteiger charge is -2.11. The van der Waals surface area contributed by atoms with E-state index in [9.17, 15) is 4.79 Å². The number of benzene rings is 1. The lowest BCUT2D eigenvalue weighted by Crippen LogP contribution is -2.27. The lowest BCUT2D eigenvalue weighted by molar-refractivity contribution is -0.121. The maximum Gasteiger partial charge on any atom is 0.223 e. The van der Waals surface area contributed by atoms with Gasteiger partial charge in [0.15, 0.2) is 0 Å². The first-order chi connectivity index (χ1) is 8.15. The molecule has 94 valence electrons. The van der Waals surface area contributed by atoms with Crippen LogP contribution in [0.2, 0.25) is 0 Å². The van der Waals surface area contributed by atoms with Crippen LogP contribution < -0.4 is 10.1 Å². The number of aryl methyl sites for hydroxylation is 2. The van der Waals surface area contributed by atoms with Crippen LogP contribution in [0.15, 0.2) is 18.2 Å². The molecule has 0 aliphatic carbocycles. The SMILES string of the molecule is Cc1cccc(C)c1OCCC(=O)NCCO. The number of hydrogen-bond donors (Lipinski definition) is 2. The first-order valence-corrected chi connectivity index (χ1v) is 5.71. The quantitative estimate of drug-likeness (QED) is 0.781. The van der Waals surface area contributed by atoms with E-state index in [0.717, 1.165) is 16.9 Å². The van der Waals surface area contributed by atoms with Crippen LogP contribution in [0.3, 0.4) is 0 Å². The predicted molar refractivity (Wildman–Crippen MR) is 66.1 cm³/mol. The molecule has 0 spiro atoms. The van der Waals surface area contributed by atoms with E-state index < -0.39 is 0 Å². The zero-order valence-electron chi connectivity index (χ0n) is 10.3. The highest BCUT2D eigenvalue weighted by Gasteiger charge is 2.05. The van der Waals surface area contributed by atoms with Gasteiger partial charge in [0.1, 0.15) is 5.75 Å². The van der Waals surface area contributed by atoms with Crippen molar-refractivity contribution in [3.8, 4) is 5.75 Å². The van der Waals surface area contributed by atoms with Crippen LogP contribution in [0.25, 0.3) is 0 Å². The highest BCUT2D eigenvalue weighted by atomic mass is 16.5. The highest BCUT2D eigenvalue weighted by Crippen LogP contribution is 2.22. The molecule has 0 bridgehead atoms. The van der Waals surface area contributed by atoms with Gasteiger partial charge in [-0.15, -0.1) is 0 Å². The van der Waals surface area contributed by atoms with Gasteiger partial charge in [0.2, 0.25) is 5.91 Å². The van der Waals surface area contributed by atoms with Gasteiger partial charge in [0.05, 0.1) is 19.6 Å². The molecule has 17 heavy (non-hydrogen) atoms. The van der Waals surface area contributed by atoms with Crippen molar-refractivity contribution in [2.75, 3.05) is 19.8 Å². The maximum absolute atomic E-state index is 11.3. The molecule has 0 saturated heterocycles. The average Bonchev–Trinajstić information content (AvgIpc) is 2.30. The van der Waals surface area contributed by atoms with E-state index in [1.54, 1.807) is 0 Å². The van der Waals surface area contributed by atoms with Crippen LogP contribution in [0.4, 0.5) is 0 Å². The van der Waals surface area contributed by atoms with Gasteiger partial charge in [-0.3, -0.25) is 4.79 Å². The number of para-hydroxylation sites is 1. The van der Waals surface area contributed by atoms with E-state index in [4.69, 9.17) is 9.84 Å². The van der Waals surface area contributed by atoms with Crippen molar-refractivity contribution in [1.82, 2.24) is 5.32 Å². The summed E-state index contributed by atoms with van der Waals surface area (Å²) in [5.74, 6) is 0.743. The predicted octanol–water partition coefficient (Wildman–Crippen LogP) is 1.18. The van der Waals surface area contributed by atoms with Crippen molar-refractivity contribution >= 4 is 5.91 Å². The molecular weight excluding hydrogens is 218 g/mol. The number of ether oxygens (including phenoxy) is 1. The summed E-state index contributed by atoms with van der Waals surface area (Å²) in [5, 5.41) is 11.1. The molecule has 0 saturated carbocycles. The Hall–Kier alpha value is -1.55. The smallest absolute Gasteiger partial charge is 0.223 e. The van der Waals surface area contributed by atoms with Crippen molar-refractivity contribution in [3.05, 3.63) is 29.3 Å². The van der Waals surface area contributed by atoms with Crippen molar-refractivity contribution in [2.24, 2.45) is 0 Å². The minimum atomic E-state index is -0.106. The van der Waals surface area contributed by atoms with Crippen LogP contribution in [0.1, 0.15) is 17.5 Å². The monoisotopic (exact) mass is 237 g/mol. The van der Waals surface area contributed by atoms with Crippen LogP contribution in [-0.4, -0.2) is 30.8 Å². The third-order valence-electron chi connectivity index (χ3n) is 2.42. The van der Waals surface area contributed by atoms with E-state index in [1.807, 2.05) is 32.0 Å². The van der Waals surface area contributed by atoms with Gasteiger partial charge < -0.3 is 15.2 Å². The van der Waals surface area contributed by atoms with E-state index >= 15 is 0 Å². The van der Waals surface area contributed by atoms with E-state index in [-0.39, 0.29) is 12.5 Å². The number of hydrogen-bond acceptors (Lipinski definition) is 3. The molecule has 0 aromatic heterocycles. The molecule has 1 rings (SSSR count). The summed E-state index contributed by atoms with van der Waals surface area (Å²) in [6, 6.07) is 5.94. The largest absolute Gasteiger partial charge is 0.493 e. The minimum absolute atomic E-state index is 0.0382. The number of nitrogens with one attached hydrogen (secondary N) is 1. The zero-order chi connectivity index (χ0) is 12.7. The minimum Gasteiger partial charge on any atom is -0.493 e. The van der Waals surface area contributed by atoms with Gasteiger partial charge in [-0.05, 0) is 25.0 Å². The Morgan fingerprint density at radius 1 is 1.35 bits per heavy atom. The molecular formula is C13H19NO3. The average molecular weight is 237 g/mol. The van der Waals surface area contributed by atoms with Crippen LogP contribution in [-0.2, 0) is 4.79 Å². The molecule has 1 aromatic rings. The zero-order valence-corrected chi connectivity index (χ0v) is 10.3. The normalized spacial score (nSPS) is 10.1. The molecule has 0 radical (unpaired) electrons. The van der Waals surface area contributed by atoms with Crippen LogP contribution in [0, 0.1) is 13.8 Å². The number of carbonyl (C=O) groups excluding carboxylic acids is 1. The number of aliphatic hydroxyl groups is 1. The number of rotatable bonds is 6. The number of amides is 1. The Bertz CT molecular complexity index is 357. The number of carbonyl (C=O) groups is 1. The second-order valence-electron chi connectivity index (χ2n) is 3.89. The summed E-state index contributed by atoms with van der Waals surface area (Å²) in [6.45, 7) is 4.57. The van der Waals surface area contributed by atoms with E-state index in [0.29, 0.717) is 19.6 Å². The summed E-state index contributed by atoms with van der Waals surface area (Å²) in [4.78, 5) is 11.3. The Morgan fingerprint density at radius 3 is 2.59 bits per heavy atom. The second kappa shape index (κ2) is 6.91. The van der Waals surface area contributed by atoms with Crippen LogP contribution >= 0.6 is 0 Å². The summed E-state index contributed by atoms with van der Waals surface area (Å²) < 4.78 is 5.59. The highest BCUT2D eigenvalue weighted by molar-refractivity contribution is 5.75. The molecule has 4 heteroatoms. The fourth-order valence-corrected chi connectivity index (χ4v) is 1.56. The van der Waals surface area contributed by atoms with Crippen LogP contribution in [0.5, 0.6) is 5.75 Å². The molecule has 0 aliphatic rings. The summed E-state index contributed by atoms with van der Waals surface area (Å²) in [7, 11) is 0. The standard InChI is InChI=1S/C13H19NO3/c1-10-4-3-5-11(2)13(10)17-9-6-12(16)14-7-8-15/h3-5,15H,6-9H2,1-2H3,(H,14,16). The molecule has 1 aromatic carbocycles. The van der Waals surface area contributed by atoms with Gasteiger partial charge in [0.25, 0.3) is 0 Å². The molecule has 0 heterocycles. The molecule has 0 unspecified atom stereocenters. The van der Waals surface area contributed by atoms with E-state index in [2.05, 4.69) is 5.32 Å². The Kier molecular flexibility index (Phi) is 5.49. The van der Waals surface area contributed by atoms with Gasteiger partial charge in [-0.2, -0.15) is 0 Å². The summed E-state index contributed by atoms with van der Waals surface area (Å²) in [6.07, 6.45) is 0.299. The molecule has 0 fully saturated rings. The Labute approximate surface area is 102 Å². The number of aliphatic hydroxyl groups excluding tert-OH is 1. The lowest BCUT2D eigenvalue weighted by atomic mass is 10.1. The first kappa shape index (κ1) is 13.5. The van der Waals surface area contributed by atoms with Crippen molar-refractivity contribution < 1.29 is 14.6 Å². The summed E-state index contributed by atoms with van der Waals surface area (Å²) in [5.41, 5.74) is 2.14. The van der Waals surface area contributed by atoms with Gasteiger partial charge in [0, 0.05) is 6.54 Å². The molecule has 4 nitrogen and oxygen atoms in total. The summed E-state index contributed by atoms with van der Waals surface area (Å²) >= 11 is 0. The van der Waals surface area contributed by atoms with Crippen molar-refractivity contribution in [1.29, 1.82) is 0 Å². The molecule has 0 atom stereocenters. The van der Waals surface area contributed by atoms with Crippen molar-refractivity contribution in [3.63, 3.8) is 0 Å². The maximum atomic E-state index is 11.3. The fraction of sp³-hybridized carbons (Fsp3) is 0.462. The first-order valence-electron chi connectivity index (χ1n) is 5.71. The molecule has 2 N–H and O–H groups in total. The Balaban J connectivity index is 2.38. The Morgan fingerprint density at radius 2 is 2.00 bits per heavy atom. The fourth-order valence-electron chi connectivity index (χ4n) is 1.56. The van der Waals surface area contributed by atoms with Gasteiger partial charge in [-0.1, -0.05) is 18.2 Å². The van der Waals surface area contributed by atoms with Gasteiger partial charge in [-0.25, -0.2) is 0 Å². The molecule has 1 amide bonds. The van der Waals surface area contributed by atoms with Crippen molar-refractivity contribution in [2.45, 2.75) is 20.3 Å². The van der Waals surface area contributed by atoms with E-state index in [1.165, 1.54) is 0 Å². The topological polar surface area (TPSA) is 58.6 Å². The van der Waals surface area contributed by atoms with Gasteiger partial charge >= 0.3 is 0 Å². The third-order valence-corrected chi connectivity index (χ3v) is 2.42. The molecule has 0 aliphatic heterocycles. The third kappa shape index (κ3) is 4.44. The second-order valence-corrected chi connectivity index (χ2v) is 3.89.